The molecule has 0 radical (unpaired) electrons. The van der Waals surface area contributed by atoms with Crippen LogP contribution in [0, 0.1) is 18.3 Å². The molecule has 8 nitrogen and oxygen atoms in total. The van der Waals surface area contributed by atoms with Gasteiger partial charge in [-0.3, -0.25) is 9.59 Å². The van der Waals surface area contributed by atoms with Gasteiger partial charge in [-0.05, 0) is 50.3 Å². The van der Waals surface area contributed by atoms with Gasteiger partial charge in [-0.25, -0.2) is 4.98 Å². The Morgan fingerprint density at radius 2 is 2.06 bits per heavy atom. The summed E-state index contributed by atoms with van der Waals surface area (Å²) < 4.78 is 17.2. The number of amides is 2. The highest BCUT2D eigenvalue weighted by Crippen LogP contribution is 2.39. The van der Waals surface area contributed by atoms with Gasteiger partial charge in [0.1, 0.15) is 23.3 Å². The van der Waals surface area contributed by atoms with E-state index in [0.29, 0.717) is 11.7 Å². The Hall–Kier alpha value is -2.87. The molecule has 1 saturated carbocycles. The van der Waals surface area contributed by atoms with E-state index in [-0.39, 0.29) is 30.4 Å². The summed E-state index contributed by atoms with van der Waals surface area (Å²) >= 11 is 0. The van der Waals surface area contributed by atoms with Gasteiger partial charge < -0.3 is 24.9 Å². The van der Waals surface area contributed by atoms with Crippen molar-refractivity contribution in [3.63, 3.8) is 0 Å². The van der Waals surface area contributed by atoms with Crippen molar-refractivity contribution in [3.05, 3.63) is 35.7 Å². The van der Waals surface area contributed by atoms with Crippen molar-refractivity contribution in [3.8, 4) is 17.2 Å². The summed E-state index contributed by atoms with van der Waals surface area (Å²) in [7, 11) is 3.31. The Balaban J connectivity index is 1.72. The number of ether oxygens (including phenoxy) is 2. The zero-order valence-corrected chi connectivity index (χ0v) is 20.1. The number of oxazole rings is 1. The molecule has 0 bridgehead atoms. The molecule has 0 spiro atoms. The minimum atomic E-state index is -0.873. The highest BCUT2D eigenvalue weighted by atomic mass is 16.5. The number of nitrogens with zero attached hydrogens (tertiary/aromatic N) is 1. The Kier molecular flexibility index (Phi) is 7.79. The Morgan fingerprint density at radius 3 is 2.73 bits per heavy atom. The minimum absolute atomic E-state index is 0.0163. The third-order valence-electron chi connectivity index (χ3n) is 6.45. The molecular formula is C25H35N3O5. The first kappa shape index (κ1) is 24.8. The lowest BCUT2D eigenvalue weighted by molar-refractivity contribution is -0.133. The standard InChI is InChI=1S/C25H35N3O5/c1-15-21(28-23(33-15)17-9-7-11-19(13-17)31-4)22(32-5)16-8-6-10-18(12-16)27-20(29)14-25(2,3)24(26)30/h7,9,11,13,16,18,22H,6,8,10,12,14H2,1-5H3,(H2,26,30)(H,27,29). The summed E-state index contributed by atoms with van der Waals surface area (Å²) in [4.78, 5) is 28.9. The molecule has 3 unspecified atom stereocenters. The van der Waals surface area contributed by atoms with Crippen molar-refractivity contribution in [1.29, 1.82) is 0 Å². The first-order valence-electron chi connectivity index (χ1n) is 11.4. The fourth-order valence-electron chi connectivity index (χ4n) is 4.48. The molecule has 2 aromatic rings. The van der Waals surface area contributed by atoms with Crippen LogP contribution in [0.25, 0.3) is 11.5 Å². The Bertz CT molecular complexity index is 984. The van der Waals surface area contributed by atoms with Gasteiger partial charge in [-0.1, -0.05) is 26.3 Å². The third kappa shape index (κ3) is 5.93. The second kappa shape index (κ2) is 10.4. The summed E-state index contributed by atoms with van der Waals surface area (Å²) in [6, 6.07) is 7.60. The number of benzene rings is 1. The van der Waals surface area contributed by atoms with Gasteiger partial charge in [-0.2, -0.15) is 0 Å². The highest BCUT2D eigenvalue weighted by molar-refractivity contribution is 5.87. The van der Waals surface area contributed by atoms with Crippen molar-refractivity contribution in [2.24, 2.45) is 17.1 Å². The average molecular weight is 458 g/mol. The maximum atomic E-state index is 12.5. The maximum Gasteiger partial charge on any atom is 0.226 e. The number of carbonyl (C=O) groups is 2. The zero-order chi connectivity index (χ0) is 24.2. The van der Waals surface area contributed by atoms with Gasteiger partial charge in [0.2, 0.25) is 17.7 Å². The smallest absolute Gasteiger partial charge is 0.226 e. The van der Waals surface area contributed by atoms with Crippen molar-refractivity contribution in [1.82, 2.24) is 10.3 Å². The number of nitrogens with two attached hydrogens (primary N) is 1. The van der Waals surface area contributed by atoms with Crippen LogP contribution in [0.15, 0.2) is 28.7 Å². The van der Waals surface area contributed by atoms with Crippen LogP contribution in [-0.4, -0.2) is 37.1 Å². The van der Waals surface area contributed by atoms with E-state index < -0.39 is 11.3 Å². The summed E-state index contributed by atoms with van der Waals surface area (Å²) in [6.45, 7) is 5.27. The van der Waals surface area contributed by atoms with Crippen LogP contribution in [0.2, 0.25) is 0 Å². The van der Waals surface area contributed by atoms with E-state index in [9.17, 15) is 9.59 Å². The van der Waals surface area contributed by atoms with E-state index in [2.05, 4.69) is 5.32 Å². The van der Waals surface area contributed by atoms with Crippen molar-refractivity contribution < 1.29 is 23.5 Å². The van der Waals surface area contributed by atoms with Gasteiger partial charge >= 0.3 is 0 Å². The van der Waals surface area contributed by atoms with E-state index in [0.717, 1.165) is 42.7 Å². The molecule has 1 heterocycles. The third-order valence-corrected chi connectivity index (χ3v) is 6.45. The Morgan fingerprint density at radius 1 is 1.30 bits per heavy atom. The first-order chi connectivity index (χ1) is 15.6. The average Bonchev–Trinajstić information content (AvgIpc) is 3.15. The van der Waals surface area contributed by atoms with Crippen LogP contribution in [0.4, 0.5) is 0 Å². The van der Waals surface area contributed by atoms with E-state index in [1.54, 1.807) is 28.1 Å². The molecule has 3 N–H and O–H groups in total. The second-order valence-corrected chi connectivity index (χ2v) is 9.46. The number of carbonyl (C=O) groups excluding carboxylic acids is 2. The van der Waals surface area contributed by atoms with Gasteiger partial charge in [0, 0.05) is 25.1 Å². The maximum absolute atomic E-state index is 12.5. The predicted molar refractivity (Wildman–Crippen MR) is 124 cm³/mol. The van der Waals surface area contributed by atoms with Crippen molar-refractivity contribution in [2.75, 3.05) is 14.2 Å². The first-order valence-corrected chi connectivity index (χ1v) is 11.4. The molecule has 0 aliphatic heterocycles. The molecule has 2 amide bonds. The van der Waals surface area contributed by atoms with Crippen LogP contribution in [0.3, 0.4) is 0 Å². The van der Waals surface area contributed by atoms with Crippen LogP contribution in [0.5, 0.6) is 5.75 Å². The largest absolute Gasteiger partial charge is 0.497 e. The van der Waals surface area contributed by atoms with Crippen molar-refractivity contribution >= 4 is 11.8 Å². The molecule has 0 saturated heterocycles. The summed E-state index contributed by atoms with van der Waals surface area (Å²) in [5, 5.41) is 3.09. The van der Waals surface area contributed by atoms with Crippen molar-refractivity contribution in [2.45, 2.75) is 65.0 Å². The molecule has 1 aliphatic rings. The fourth-order valence-corrected chi connectivity index (χ4v) is 4.48. The minimum Gasteiger partial charge on any atom is -0.497 e. The second-order valence-electron chi connectivity index (χ2n) is 9.46. The molecule has 1 aliphatic carbocycles. The van der Waals surface area contributed by atoms with E-state index in [1.165, 1.54) is 0 Å². The number of hydrogen-bond acceptors (Lipinski definition) is 6. The van der Waals surface area contributed by atoms with Crippen LogP contribution >= 0.6 is 0 Å². The summed E-state index contributed by atoms with van der Waals surface area (Å²) in [6.07, 6.45) is 3.43. The Labute approximate surface area is 195 Å². The van der Waals surface area contributed by atoms with Gasteiger partial charge in [0.25, 0.3) is 0 Å². The normalized spacial score (nSPS) is 19.7. The number of hydrogen-bond donors (Lipinski definition) is 2. The topological polar surface area (TPSA) is 117 Å². The lowest BCUT2D eigenvalue weighted by atomic mass is 9.80. The number of aromatic nitrogens is 1. The lowest BCUT2D eigenvalue weighted by Gasteiger charge is -2.34. The summed E-state index contributed by atoms with van der Waals surface area (Å²) in [5.74, 6) is 1.52. The van der Waals surface area contributed by atoms with Crippen LogP contribution in [0.1, 0.15) is 63.5 Å². The molecule has 3 atom stereocenters. The van der Waals surface area contributed by atoms with E-state index in [4.69, 9.17) is 24.6 Å². The number of rotatable bonds is 9. The predicted octanol–water partition coefficient (Wildman–Crippen LogP) is 3.92. The SMILES string of the molecule is COc1cccc(-c2nc(C(OC)C3CCCC(NC(=O)CC(C)(C)C(N)=O)C3)c(C)o2)c1. The van der Waals surface area contributed by atoms with Crippen LogP contribution in [-0.2, 0) is 14.3 Å². The zero-order valence-electron chi connectivity index (χ0n) is 20.1. The number of methoxy groups -OCH3 is 2. The molecule has 3 rings (SSSR count). The van der Waals surface area contributed by atoms with E-state index in [1.807, 2.05) is 31.2 Å². The quantitative estimate of drug-likeness (QED) is 0.589. The molecule has 8 heteroatoms. The molecule has 33 heavy (non-hydrogen) atoms. The number of nitrogens with one attached hydrogen (secondary N) is 1. The van der Waals surface area contributed by atoms with E-state index >= 15 is 0 Å². The fraction of sp³-hybridized carbons (Fsp3) is 0.560. The number of aryl methyl sites for hydroxylation is 1. The monoisotopic (exact) mass is 457 g/mol. The highest BCUT2D eigenvalue weighted by Gasteiger charge is 2.35. The lowest BCUT2D eigenvalue weighted by Crippen LogP contribution is -2.43. The molecule has 180 valence electrons. The molecule has 1 fully saturated rings. The van der Waals surface area contributed by atoms with Gasteiger partial charge in [-0.15, -0.1) is 0 Å². The molecular weight excluding hydrogens is 422 g/mol. The molecule has 1 aromatic heterocycles. The van der Waals surface area contributed by atoms with Gasteiger partial charge in [0.15, 0.2) is 0 Å². The number of primary amides is 1. The van der Waals surface area contributed by atoms with Gasteiger partial charge in [0.05, 0.1) is 12.5 Å². The summed E-state index contributed by atoms with van der Waals surface area (Å²) in [5.41, 5.74) is 6.16. The van der Waals surface area contributed by atoms with Crippen LogP contribution < -0.4 is 15.8 Å². The molecule has 1 aromatic carbocycles.